The first kappa shape index (κ1) is 12.0. The number of hydrogen-bond acceptors (Lipinski definition) is 4. The van der Waals surface area contributed by atoms with Gasteiger partial charge >= 0.3 is 0 Å². The Labute approximate surface area is 96.2 Å². The van der Waals surface area contributed by atoms with Gasteiger partial charge in [0.25, 0.3) is 0 Å². The molecule has 3 atom stereocenters. The maximum atomic E-state index is 11.3. The van der Waals surface area contributed by atoms with Gasteiger partial charge in [0.2, 0.25) is 0 Å². The van der Waals surface area contributed by atoms with Gasteiger partial charge in [-0.05, 0) is 12.8 Å². The van der Waals surface area contributed by atoms with E-state index in [-0.39, 0.29) is 18.0 Å². The molecule has 2 aliphatic rings. The summed E-state index contributed by atoms with van der Waals surface area (Å²) in [5.41, 5.74) is 0. The highest BCUT2D eigenvalue weighted by molar-refractivity contribution is 5.90. The first-order valence-electron chi connectivity index (χ1n) is 6.15. The van der Waals surface area contributed by atoms with E-state index >= 15 is 0 Å². The van der Waals surface area contributed by atoms with Gasteiger partial charge in [0.15, 0.2) is 5.78 Å². The second-order valence-corrected chi connectivity index (χ2v) is 4.56. The molecule has 0 radical (unpaired) electrons. The molecular formula is C12H20O4. The molecule has 1 saturated carbocycles. The van der Waals surface area contributed by atoms with Gasteiger partial charge in [-0.3, -0.25) is 4.79 Å². The summed E-state index contributed by atoms with van der Waals surface area (Å²) in [7, 11) is 0. The predicted molar refractivity (Wildman–Crippen MR) is 58.3 cm³/mol. The number of hydrogen-bond donors (Lipinski definition) is 0. The van der Waals surface area contributed by atoms with Crippen LogP contribution >= 0.6 is 0 Å². The molecule has 0 aromatic heterocycles. The van der Waals surface area contributed by atoms with Gasteiger partial charge < -0.3 is 14.2 Å². The Morgan fingerprint density at radius 3 is 2.94 bits per heavy atom. The van der Waals surface area contributed by atoms with Crippen molar-refractivity contribution >= 4 is 5.78 Å². The molecule has 1 aliphatic heterocycles. The van der Waals surface area contributed by atoms with Crippen molar-refractivity contribution in [3.05, 3.63) is 0 Å². The Bertz CT molecular complexity index is 235. The van der Waals surface area contributed by atoms with Crippen molar-refractivity contribution in [2.75, 3.05) is 26.4 Å². The molecule has 4 heteroatoms. The van der Waals surface area contributed by atoms with E-state index in [1.807, 2.05) is 6.92 Å². The second kappa shape index (κ2) is 5.75. The van der Waals surface area contributed by atoms with Crippen LogP contribution in [0.25, 0.3) is 0 Å². The molecule has 1 heterocycles. The monoisotopic (exact) mass is 228 g/mol. The molecule has 0 aromatic carbocycles. The summed E-state index contributed by atoms with van der Waals surface area (Å²) in [5.74, 6) is 0.684. The first-order valence-corrected chi connectivity index (χ1v) is 6.15. The van der Waals surface area contributed by atoms with Gasteiger partial charge in [0.1, 0.15) is 6.10 Å². The minimum Gasteiger partial charge on any atom is -0.381 e. The number of ether oxygens (including phenoxy) is 3. The largest absolute Gasteiger partial charge is 0.381 e. The fourth-order valence-electron chi connectivity index (χ4n) is 2.03. The third-order valence-corrected chi connectivity index (χ3v) is 3.13. The maximum absolute atomic E-state index is 11.3. The van der Waals surface area contributed by atoms with E-state index < -0.39 is 0 Å². The van der Waals surface area contributed by atoms with Gasteiger partial charge in [-0.1, -0.05) is 6.92 Å². The zero-order chi connectivity index (χ0) is 11.4. The van der Waals surface area contributed by atoms with Crippen LogP contribution in [0.1, 0.15) is 26.2 Å². The molecule has 0 bridgehead atoms. The van der Waals surface area contributed by atoms with Crippen molar-refractivity contribution < 1.29 is 19.0 Å². The fourth-order valence-corrected chi connectivity index (χ4v) is 2.03. The minimum absolute atomic E-state index is 0.0142. The molecule has 2 fully saturated rings. The van der Waals surface area contributed by atoms with Crippen LogP contribution < -0.4 is 0 Å². The number of Topliss-reactive ketones (excluding diaryl/α,β-unsaturated/α-hetero) is 1. The van der Waals surface area contributed by atoms with Crippen molar-refractivity contribution in [2.24, 2.45) is 5.92 Å². The van der Waals surface area contributed by atoms with E-state index in [0.717, 1.165) is 26.1 Å². The van der Waals surface area contributed by atoms with Crippen LogP contribution in [0.4, 0.5) is 0 Å². The van der Waals surface area contributed by atoms with E-state index in [9.17, 15) is 4.79 Å². The average Bonchev–Trinajstić information content (AvgIpc) is 2.77. The number of carbonyl (C=O) groups is 1. The number of rotatable bonds is 6. The topological polar surface area (TPSA) is 44.8 Å². The minimum atomic E-state index is -0.303. The summed E-state index contributed by atoms with van der Waals surface area (Å²) in [4.78, 5) is 11.3. The summed E-state index contributed by atoms with van der Waals surface area (Å²) in [6, 6.07) is 0. The van der Waals surface area contributed by atoms with Gasteiger partial charge in [-0.2, -0.15) is 0 Å². The zero-order valence-electron chi connectivity index (χ0n) is 9.81. The normalized spacial score (nSPS) is 34.1. The van der Waals surface area contributed by atoms with Gasteiger partial charge in [0, 0.05) is 25.6 Å². The second-order valence-electron chi connectivity index (χ2n) is 4.56. The van der Waals surface area contributed by atoms with Crippen LogP contribution in [0, 0.1) is 5.92 Å². The quantitative estimate of drug-likeness (QED) is 0.684. The molecule has 92 valence electrons. The Morgan fingerprint density at radius 1 is 1.44 bits per heavy atom. The molecular weight excluding hydrogens is 208 g/mol. The standard InChI is InChI=1S/C12H20O4/c1-2-4-15-12-10(13)6-11(12)16-8-9-3-5-14-7-9/h9,11-12H,2-8H2,1H3. The van der Waals surface area contributed by atoms with Crippen molar-refractivity contribution in [1.82, 2.24) is 0 Å². The summed E-state index contributed by atoms with van der Waals surface area (Å²) < 4.78 is 16.5. The first-order chi connectivity index (χ1) is 7.81. The summed E-state index contributed by atoms with van der Waals surface area (Å²) in [6.45, 7) is 5.01. The zero-order valence-corrected chi connectivity index (χ0v) is 9.81. The van der Waals surface area contributed by atoms with E-state index in [2.05, 4.69) is 0 Å². The highest BCUT2D eigenvalue weighted by Crippen LogP contribution is 2.25. The number of carbonyl (C=O) groups excluding carboxylic acids is 1. The summed E-state index contributed by atoms with van der Waals surface area (Å²) in [5, 5.41) is 0. The van der Waals surface area contributed by atoms with Crippen LogP contribution in [0.3, 0.4) is 0 Å². The van der Waals surface area contributed by atoms with Gasteiger partial charge in [-0.25, -0.2) is 0 Å². The highest BCUT2D eigenvalue weighted by Gasteiger charge is 2.41. The van der Waals surface area contributed by atoms with E-state index in [1.54, 1.807) is 0 Å². The Hall–Kier alpha value is -0.450. The lowest BCUT2D eigenvalue weighted by atomic mass is 9.90. The van der Waals surface area contributed by atoms with Crippen LogP contribution in [-0.2, 0) is 19.0 Å². The highest BCUT2D eigenvalue weighted by atomic mass is 16.5. The lowest BCUT2D eigenvalue weighted by Crippen LogP contribution is -2.51. The molecule has 1 saturated heterocycles. The van der Waals surface area contributed by atoms with Crippen LogP contribution in [-0.4, -0.2) is 44.4 Å². The Kier molecular flexibility index (Phi) is 4.32. The van der Waals surface area contributed by atoms with E-state index in [4.69, 9.17) is 14.2 Å². The van der Waals surface area contributed by atoms with Gasteiger partial charge in [0.05, 0.1) is 19.3 Å². The molecule has 0 aromatic rings. The van der Waals surface area contributed by atoms with Crippen LogP contribution in [0.2, 0.25) is 0 Å². The van der Waals surface area contributed by atoms with Crippen LogP contribution in [0.5, 0.6) is 0 Å². The Morgan fingerprint density at radius 2 is 2.31 bits per heavy atom. The lowest BCUT2D eigenvalue weighted by molar-refractivity contribution is -0.167. The average molecular weight is 228 g/mol. The molecule has 0 spiro atoms. The SMILES string of the molecule is CCCOC1C(=O)CC1OCC1CCOC1. The summed E-state index contributed by atoms with van der Waals surface area (Å²) >= 11 is 0. The Balaban J connectivity index is 1.66. The number of ketones is 1. The molecule has 0 amide bonds. The third kappa shape index (κ3) is 2.81. The molecule has 1 aliphatic carbocycles. The fraction of sp³-hybridized carbons (Fsp3) is 0.917. The van der Waals surface area contributed by atoms with Crippen molar-refractivity contribution in [3.8, 4) is 0 Å². The maximum Gasteiger partial charge on any atom is 0.166 e. The van der Waals surface area contributed by atoms with Crippen molar-refractivity contribution in [2.45, 2.75) is 38.4 Å². The molecule has 3 unspecified atom stereocenters. The summed E-state index contributed by atoms with van der Waals surface area (Å²) in [6.07, 6.45) is 2.21. The van der Waals surface area contributed by atoms with Crippen molar-refractivity contribution in [3.63, 3.8) is 0 Å². The molecule has 0 N–H and O–H groups in total. The van der Waals surface area contributed by atoms with E-state index in [1.165, 1.54) is 0 Å². The lowest BCUT2D eigenvalue weighted by Gasteiger charge is -2.34. The predicted octanol–water partition coefficient (Wildman–Crippen LogP) is 1.18. The van der Waals surface area contributed by atoms with Crippen molar-refractivity contribution in [1.29, 1.82) is 0 Å². The molecule has 4 nitrogen and oxygen atoms in total. The molecule has 2 rings (SSSR count). The van der Waals surface area contributed by atoms with E-state index in [0.29, 0.717) is 25.6 Å². The third-order valence-electron chi connectivity index (χ3n) is 3.13. The molecule has 16 heavy (non-hydrogen) atoms. The van der Waals surface area contributed by atoms with Crippen LogP contribution in [0.15, 0.2) is 0 Å². The smallest absolute Gasteiger partial charge is 0.166 e. The van der Waals surface area contributed by atoms with Gasteiger partial charge in [-0.15, -0.1) is 0 Å².